The van der Waals surface area contributed by atoms with Crippen molar-refractivity contribution in [3.05, 3.63) is 64.9 Å². The highest BCUT2D eigenvalue weighted by Crippen LogP contribution is 2.15. The van der Waals surface area contributed by atoms with Gasteiger partial charge in [0, 0.05) is 25.7 Å². The summed E-state index contributed by atoms with van der Waals surface area (Å²) in [7, 11) is 0. The monoisotopic (exact) mass is 304 g/mol. The lowest BCUT2D eigenvalue weighted by Crippen LogP contribution is -2.33. The van der Waals surface area contributed by atoms with E-state index >= 15 is 0 Å². The number of aromatic nitrogens is 1. The molecule has 1 N–H and O–H groups in total. The summed E-state index contributed by atoms with van der Waals surface area (Å²) in [4.78, 5) is 6.67. The lowest BCUT2D eigenvalue weighted by molar-refractivity contribution is 0.152. The van der Waals surface area contributed by atoms with Crippen molar-refractivity contribution in [3.8, 4) is 0 Å². The zero-order valence-corrected chi connectivity index (χ0v) is 13.0. The first-order valence-electron chi connectivity index (χ1n) is 7.19. The van der Waals surface area contributed by atoms with Crippen molar-refractivity contribution >= 4 is 11.6 Å². The molecule has 0 saturated heterocycles. The van der Waals surface area contributed by atoms with E-state index in [1.54, 1.807) is 6.07 Å². The first kappa shape index (κ1) is 16.0. The highest BCUT2D eigenvalue weighted by Gasteiger charge is 2.15. The van der Waals surface area contributed by atoms with Crippen LogP contribution in [0, 0.1) is 0 Å². The number of pyridine rings is 1. The maximum atomic E-state index is 9.20. The molecule has 2 aromatic rings. The van der Waals surface area contributed by atoms with E-state index in [1.165, 1.54) is 5.56 Å². The van der Waals surface area contributed by atoms with Crippen LogP contribution in [0.15, 0.2) is 48.5 Å². The minimum absolute atomic E-state index is 0.190. The van der Waals surface area contributed by atoms with Crippen LogP contribution in [0.2, 0.25) is 5.15 Å². The first-order chi connectivity index (χ1) is 10.2. The third-order valence-electron chi connectivity index (χ3n) is 3.54. The summed E-state index contributed by atoms with van der Waals surface area (Å²) >= 11 is 5.96. The largest absolute Gasteiger partial charge is 0.396 e. The standard InChI is InChI=1S/C17H21ClN2O/c1-14(10-11-21)20(12-15-6-3-2-4-7-15)13-16-8-5-9-17(18)19-16/h2-9,14,21H,10-13H2,1H3. The molecule has 3 nitrogen and oxygen atoms in total. The third-order valence-corrected chi connectivity index (χ3v) is 3.75. The Kier molecular flexibility index (Phi) is 6.18. The number of aliphatic hydroxyl groups is 1. The molecule has 1 aromatic carbocycles. The molecule has 0 bridgehead atoms. The summed E-state index contributed by atoms with van der Waals surface area (Å²) in [5, 5.41) is 9.71. The average Bonchev–Trinajstić information content (AvgIpc) is 2.48. The molecule has 0 aliphatic carbocycles. The quantitative estimate of drug-likeness (QED) is 0.795. The van der Waals surface area contributed by atoms with Gasteiger partial charge < -0.3 is 5.11 Å². The Balaban J connectivity index is 2.12. The van der Waals surface area contributed by atoms with Crippen LogP contribution < -0.4 is 0 Å². The number of nitrogens with zero attached hydrogens (tertiary/aromatic N) is 2. The summed E-state index contributed by atoms with van der Waals surface area (Å²) in [5.41, 5.74) is 2.20. The second kappa shape index (κ2) is 8.13. The number of benzene rings is 1. The molecular formula is C17H21ClN2O. The summed E-state index contributed by atoms with van der Waals surface area (Å²) in [6.07, 6.45) is 0.743. The van der Waals surface area contributed by atoms with Gasteiger partial charge in [-0.05, 0) is 31.0 Å². The van der Waals surface area contributed by atoms with Gasteiger partial charge in [-0.2, -0.15) is 0 Å². The normalized spacial score (nSPS) is 12.6. The maximum Gasteiger partial charge on any atom is 0.129 e. The first-order valence-corrected chi connectivity index (χ1v) is 7.57. The van der Waals surface area contributed by atoms with Crippen LogP contribution in [0.3, 0.4) is 0 Å². The SMILES string of the molecule is CC(CCO)N(Cc1ccccc1)Cc1cccc(Cl)n1. The van der Waals surface area contributed by atoms with E-state index in [-0.39, 0.29) is 12.6 Å². The second-order valence-electron chi connectivity index (χ2n) is 5.20. The topological polar surface area (TPSA) is 36.4 Å². The summed E-state index contributed by atoms with van der Waals surface area (Å²) in [6.45, 7) is 3.87. The van der Waals surface area contributed by atoms with Gasteiger partial charge in [-0.25, -0.2) is 4.98 Å². The number of hydrogen-bond donors (Lipinski definition) is 1. The number of hydrogen-bond acceptors (Lipinski definition) is 3. The van der Waals surface area contributed by atoms with Gasteiger partial charge in [0.2, 0.25) is 0 Å². The van der Waals surface area contributed by atoms with Gasteiger partial charge in [-0.3, -0.25) is 4.90 Å². The maximum absolute atomic E-state index is 9.20. The van der Waals surface area contributed by atoms with Crippen LogP contribution in [-0.4, -0.2) is 27.6 Å². The van der Waals surface area contributed by atoms with Crippen LogP contribution in [-0.2, 0) is 13.1 Å². The van der Waals surface area contributed by atoms with Crippen LogP contribution in [0.25, 0.3) is 0 Å². The highest BCUT2D eigenvalue weighted by molar-refractivity contribution is 6.29. The van der Waals surface area contributed by atoms with E-state index < -0.39 is 0 Å². The predicted octanol–water partition coefficient (Wildman–Crippen LogP) is 3.51. The van der Waals surface area contributed by atoms with Gasteiger partial charge in [0.05, 0.1) is 5.69 Å². The number of halogens is 1. The van der Waals surface area contributed by atoms with E-state index in [2.05, 4.69) is 28.9 Å². The molecule has 1 unspecified atom stereocenters. The molecule has 1 aromatic heterocycles. The molecular weight excluding hydrogens is 284 g/mol. The van der Waals surface area contributed by atoms with Crippen molar-refractivity contribution in [1.82, 2.24) is 9.88 Å². The van der Waals surface area contributed by atoms with Gasteiger partial charge in [0.15, 0.2) is 0 Å². The van der Waals surface area contributed by atoms with E-state index in [4.69, 9.17) is 11.6 Å². The van der Waals surface area contributed by atoms with Gasteiger partial charge in [0.25, 0.3) is 0 Å². The van der Waals surface area contributed by atoms with Gasteiger partial charge in [0.1, 0.15) is 5.15 Å². The van der Waals surface area contributed by atoms with Crippen molar-refractivity contribution < 1.29 is 5.11 Å². The Bertz CT molecular complexity index is 547. The minimum atomic E-state index is 0.190. The average molecular weight is 305 g/mol. The Morgan fingerprint density at radius 3 is 2.52 bits per heavy atom. The fourth-order valence-corrected chi connectivity index (χ4v) is 2.48. The Morgan fingerprint density at radius 2 is 1.86 bits per heavy atom. The molecule has 0 spiro atoms. The summed E-state index contributed by atoms with van der Waals surface area (Å²) < 4.78 is 0. The fraction of sp³-hybridized carbons (Fsp3) is 0.353. The molecule has 112 valence electrons. The summed E-state index contributed by atoms with van der Waals surface area (Å²) in [6, 6.07) is 16.3. The molecule has 0 fully saturated rings. The minimum Gasteiger partial charge on any atom is -0.396 e. The predicted molar refractivity (Wildman–Crippen MR) is 86.1 cm³/mol. The van der Waals surface area contributed by atoms with Gasteiger partial charge >= 0.3 is 0 Å². The molecule has 0 saturated carbocycles. The van der Waals surface area contributed by atoms with Crippen molar-refractivity contribution in [1.29, 1.82) is 0 Å². The lowest BCUT2D eigenvalue weighted by Gasteiger charge is -2.28. The second-order valence-corrected chi connectivity index (χ2v) is 5.59. The molecule has 1 atom stereocenters. The number of rotatable bonds is 7. The smallest absolute Gasteiger partial charge is 0.129 e. The van der Waals surface area contributed by atoms with E-state index in [0.29, 0.717) is 5.15 Å². The lowest BCUT2D eigenvalue weighted by atomic mass is 10.1. The van der Waals surface area contributed by atoms with Crippen molar-refractivity contribution in [2.24, 2.45) is 0 Å². The van der Waals surface area contributed by atoms with Crippen molar-refractivity contribution in [2.45, 2.75) is 32.5 Å². The van der Waals surface area contributed by atoms with E-state index in [9.17, 15) is 5.11 Å². The Morgan fingerprint density at radius 1 is 1.10 bits per heavy atom. The Hall–Kier alpha value is -1.42. The number of aliphatic hydroxyl groups excluding tert-OH is 1. The third kappa shape index (κ3) is 5.12. The summed E-state index contributed by atoms with van der Waals surface area (Å²) in [5.74, 6) is 0. The zero-order chi connectivity index (χ0) is 15.1. The van der Waals surface area contributed by atoms with Crippen LogP contribution >= 0.6 is 11.6 Å². The molecule has 4 heteroatoms. The molecule has 0 aliphatic heterocycles. The highest BCUT2D eigenvalue weighted by atomic mass is 35.5. The molecule has 0 radical (unpaired) electrons. The van der Waals surface area contributed by atoms with Crippen LogP contribution in [0.5, 0.6) is 0 Å². The molecule has 21 heavy (non-hydrogen) atoms. The van der Waals surface area contributed by atoms with Crippen LogP contribution in [0.1, 0.15) is 24.6 Å². The molecule has 0 aliphatic rings. The Labute approximate surface area is 131 Å². The van der Waals surface area contributed by atoms with Gasteiger partial charge in [-0.15, -0.1) is 0 Å². The molecule has 0 amide bonds. The molecule has 2 rings (SSSR count). The molecule has 1 heterocycles. The van der Waals surface area contributed by atoms with Gasteiger partial charge in [-0.1, -0.05) is 48.0 Å². The van der Waals surface area contributed by atoms with Crippen molar-refractivity contribution in [2.75, 3.05) is 6.61 Å². The van der Waals surface area contributed by atoms with E-state index in [0.717, 1.165) is 25.2 Å². The van der Waals surface area contributed by atoms with Crippen molar-refractivity contribution in [3.63, 3.8) is 0 Å². The van der Waals surface area contributed by atoms with E-state index in [1.807, 2.05) is 30.3 Å². The zero-order valence-electron chi connectivity index (χ0n) is 12.2. The fourth-order valence-electron chi connectivity index (χ4n) is 2.30. The van der Waals surface area contributed by atoms with Crippen LogP contribution in [0.4, 0.5) is 0 Å².